The van der Waals surface area contributed by atoms with Crippen LogP contribution in [0.25, 0.3) is 11.1 Å². The number of hydrogen-bond acceptors (Lipinski definition) is 3. The zero-order chi connectivity index (χ0) is 24.8. The highest BCUT2D eigenvalue weighted by atomic mass is 19.1. The fourth-order valence-electron chi connectivity index (χ4n) is 4.03. The van der Waals surface area contributed by atoms with E-state index in [1.807, 2.05) is 56.3 Å². The first-order chi connectivity index (χ1) is 16.9. The number of pyridine rings is 1. The smallest absolute Gasteiger partial charge is 0.337 e. The molecular weight excluding hydrogens is 441 g/mol. The highest BCUT2D eigenvalue weighted by molar-refractivity contribution is 5.91. The molecule has 0 bridgehead atoms. The number of carboxylic acids is 1. The van der Waals surface area contributed by atoms with Crippen molar-refractivity contribution >= 4 is 5.97 Å². The van der Waals surface area contributed by atoms with E-state index in [-0.39, 0.29) is 18.1 Å². The summed E-state index contributed by atoms with van der Waals surface area (Å²) in [6.07, 6.45) is 1.41. The third kappa shape index (κ3) is 6.12. The zero-order valence-electron chi connectivity index (χ0n) is 19.9. The number of ether oxygens (including phenoxy) is 1. The molecule has 0 aliphatic rings. The molecule has 4 aromatic rings. The summed E-state index contributed by atoms with van der Waals surface area (Å²) in [5, 5.41) is 9.86. The largest absolute Gasteiger partial charge is 0.487 e. The summed E-state index contributed by atoms with van der Waals surface area (Å²) in [6.45, 7) is 4.10. The highest BCUT2D eigenvalue weighted by Gasteiger charge is 2.20. The van der Waals surface area contributed by atoms with Crippen molar-refractivity contribution in [3.05, 3.63) is 119 Å². The lowest BCUT2D eigenvalue weighted by atomic mass is 9.95. The first-order valence-corrected chi connectivity index (χ1v) is 11.7. The molecule has 3 aromatic carbocycles. The summed E-state index contributed by atoms with van der Waals surface area (Å²) in [4.78, 5) is 16.7. The summed E-state index contributed by atoms with van der Waals surface area (Å²) in [7, 11) is 0. The average molecular weight is 470 g/mol. The van der Waals surface area contributed by atoms with E-state index in [0.29, 0.717) is 34.7 Å². The fraction of sp³-hybridized carbons (Fsp3) is 0.200. The number of benzene rings is 3. The van der Waals surface area contributed by atoms with Crippen LogP contribution in [0.4, 0.5) is 4.39 Å². The summed E-state index contributed by atoms with van der Waals surface area (Å²) in [5.41, 5.74) is 4.22. The average Bonchev–Trinajstić information content (AvgIpc) is 2.84. The third-order valence-electron chi connectivity index (χ3n) is 5.73. The quantitative estimate of drug-likeness (QED) is 0.288. The van der Waals surface area contributed by atoms with Gasteiger partial charge in [0.2, 0.25) is 0 Å². The van der Waals surface area contributed by atoms with Crippen molar-refractivity contribution in [3.8, 4) is 16.9 Å². The van der Waals surface area contributed by atoms with Crippen LogP contribution in [0.2, 0.25) is 0 Å². The minimum atomic E-state index is -1.12. The lowest BCUT2D eigenvalue weighted by Crippen LogP contribution is -2.13. The van der Waals surface area contributed by atoms with Crippen molar-refractivity contribution in [3.63, 3.8) is 0 Å². The first kappa shape index (κ1) is 24.1. The van der Waals surface area contributed by atoms with Gasteiger partial charge in [-0.1, -0.05) is 74.5 Å². The Morgan fingerprint density at radius 1 is 0.886 bits per heavy atom. The topological polar surface area (TPSA) is 59.4 Å². The van der Waals surface area contributed by atoms with Crippen LogP contribution >= 0.6 is 0 Å². The van der Waals surface area contributed by atoms with E-state index in [1.54, 1.807) is 18.2 Å². The maximum absolute atomic E-state index is 14.6. The lowest BCUT2D eigenvalue weighted by molar-refractivity contribution is 0.0693. The molecule has 1 N–H and O–H groups in total. The van der Waals surface area contributed by atoms with Gasteiger partial charge in [-0.15, -0.1) is 0 Å². The molecule has 4 nitrogen and oxygen atoms in total. The number of aromatic nitrogens is 1. The maximum Gasteiger partial charge on any atom is 0.337 e. The number of halogens is 1. The number of carbonyl (C=O) groups is 1. The van der Waals surface area contributed by atoms with E-state index >= 15 is 0 Å². The standard InChI is InChI=1S/C30H28FNO3/c1-20(2)16-28-25(24-10-6-7-11-27(24)31)18-26(30(33)34)29(32-28)19-35-23-14-12-22(13-15-23)17-21-8-4-3-5-9-21/h3-15,18,20H,16-17,19H2,1-2H3,(H,33,34). The van der Waals surface area contributed by atoms with Gasteiger partial charge < -0.3 is 9.84 Å². The molecule has 0 saturated carbocycles. The van der Waals surface area contributed by atoms with Gasteiger partial charge >= 0.3 is 5.97 Å². The summed E-state index contributed by atoms with van der Waals surface area (Å²) >= 11 is 0. The Hall–Kier alpha value is -3.99. The van der Waals surface area contributed by atoms with Gasteiger partial charge in [0.1, 0.15) is 18.2 Å². The molecule has 0 aliphatic carbocycles. The van der Waals surface area contributed by atoms with Crippen LogP contribution in [0.1, 0.15) is 46.7 Å². The molecule has 0 unspecified atom stereocenters. The number of rotatable bonds is 9. The second-order valence-electron chi connectivity index (χ2n) is 8.95. The molecule has 35 heavy (non-hydrogen) atoms. The second-order valence-corrected chi connectivity index (χ2v) is 8.95. The van der Waals surface area contributed by atoms with Gasteiger partial charge in [-0.25, -0.2) is 9.18 Å². The molecule has 0 atom stereocenters. The molecule has 1 heterocycles. The Morgan fingerprint density at radius 3 is 2.20 bits per heavy atom. The summed E-state index contributed by atoms with van der Waals surface area (Å²) in [5.74, 6) is -0.642. The molecule has 0 radical (unpaired) electrons. The van der Waals surface area contributed by atoms with Crippen molar-refractivity contribution in [2.45, 2.75) is 33.3 Å². The van der Waals surface area contributed by atoms with Crippen LogP contribution in [0.3, 0.4) is 0 Å². The van der Waals surface area contributed by atoms with E-state index in [0.717, 1.165) is 12.0 Å². The van der Waals surface area contributed by atoms with Gasteiger partial charge in [0.15, 0.2) is 0 Å². The number of nitrogens with zero attached hydrogens (tertiary/aromatic N) is 1. The van der Waals surface area contributed by atoms with Crippen LogP contribution in [0.15, 0.2) is 84.9 Å². The minimum absolute atomic E-state index is 0.00229. The van der Waals surface area contributed by atoms with Gasteiger partial charge in [0.25, 0.3) is 0 Å². The van der Waals surface area contributed by atoms with Crippen molar-refractivity contribution in [2.24, 2.45) is 5.92 Å². The Morgan fingerprint density at radius 2 is 1.54 bits per heavy atom. The molecular formula is C30H28FNO3. The van der Waals surface area contributed by atoms with E-state index < -0.39 is 11.8 Å². The van der Waals surface area contributed by atoms with Crippen molar-refractivity contribution in [1.29, 1.82) is 0 Å². The maximum atomic E-state index is 14.6. The predicted octanol–water partition coefficient (Wildman–Crippen LogP) is 6.95. The first-order valence-electron chi connectivity index (χ1n) is 11.7. The van der Waals surface area contributed by atoms with Crippen LogP contribution in [0.5, 0.6) is 5.75 Å². The SMILES string of the molecule is CC(C)Cc1nc(COc2ccc(Cc3ccccc3)cc2)c(C(=O)O)cc1-c1ccccc1F. The number of carboxylic acid groups (broad SMARTS) is 1. The van der Waals surface area contributed by atoms with Gasteiger partial charge in [-0.2, -0.15) is 0 Å². The second kappa shape index (κ2) is 11.0. The minimum Gasteiger partial charge on any atom is -0.487 e. The Kier molecular flexibility index (Phi) is 7.56. The van der Waals surface area contributed by atoms with E-state index in [2.05, 4.69) is 17.1 Å². The monoisotopic (exact) mass is 469 g/mol. The van der Waals surface area contributed by atoms with Crippen LogP contribution in [-0.4, -0.2) is 16.1 Å². The Bertz CT molecular complexity index is 1300. The lowest BCUT2D eigenvalue weighted by Gasteiger charge is -2.16. The number of aromatic carboxylic acids is 1. The van der Waals surface area contributed by atoms with Crippen molar-refractivity contribution in [2.75, 3.05) is 0 Å². The Labute approximate surface area is 205 Å². The molecule has 0 saturated heterocycles. The molecule has 5 heteroatoms. The molecule has 0 amide bonds. The van der Waals surface area contributed by atoms with Crippen molar-refractivity contribution < 1.29 is 19.0 Å². The van der Waals surface area contributed by atoms with E-state index in [9.17, 15) is 14.3 Å². The summed E-state index contributed by atoms with van der Waals surface area (Å²) in [6, 6.07) is 25.8. The fourth-order valence-corrected chi connectivity index (χ4v) is 4.03. The van der Waals surface area contributed by atoms with Gasteiger partial charge in [0.05, 0.1) is 11.3 Å². The highest BCUT2D eigenvalue weighted by Crippen LogP contribution is 2.30. The van der Waals surface area contributed by atoms with Gasteiger partial charge in [-0.3, -0.25) is 4.98 Å². The molecule has 1 aromatic heterocycles. The van der Waals surface area contributed by atoms with E-state index in [4.69, 9.17) is 4.74 Å². The van der Waals surface area contributed by atoms with Crippen LogP contribution < -0.4 is 4.74 Å². The van der Waals surface area contributed by atoms with Crippen LogP contribution in [-0.2, 0) is 19.4 Å². The summed E-state index contributed by atoms with van der Waals surface area (Å²) < 4.78 is 20.5. The van der Waals surface area contributed by atoms with Gasteiger partial charge in [-0.05, 0) is 54.2 Å². The Balaban J connectivity index is 1.59. The third-order valence-corrected chi connectivity index (χ3v) is 5.73. The molecule has 178 valence electrons. The van der Waals surface area contributed by atoms with Crippen LogP contribution in [0, 0.1) is 11.7 Å². The van der Waals surface area contributed by atoms with Crippen molar-refractivity contribution in [1.82, 2.24) is 4.98 Å². The molecule has 0 fully saturated rings. The zero-order valence-corrected chi connectivity index (χ0v) is 19.9. The normalized spacial score (nSPS) is 11.0. The number of hydrogen-bond donors (Lipinski definition) is 1. The van der Waals surface area contributed by atoms with E-state index in [1.165, 1.54) is 17.7 Å². The van der Waals surface area contributed by atoms with Gasteiger partial charge in [0, 0.05) is 16.8 Å². The predicted molar refractivity (Wildman–Crippen MR) is 135 cm³/mol. The molecule has 0 aliphatic heterocycles. The molecule has 4 rings (SSSR count). The molecule has 0 spiro atoms.